The summed E-state index contributed by atoms with van der Waals surface area (Å²) in [5, 5.41) is 2.63. The molecule has 0 aromatic heterocycles. The number of nitrogens with one attached hydrogen (secondary N) is 1. The molecule has 0 spiro atoms. The van der Waals surface area contributed by atoms with E-state index in [0.717, 1.165) is 12.8 Å². The van der Waals surface area contributed by atoms with Gasteiger partial charge in [0, 0.05) is 6.04 Å². The lowest BCUT2D eigenvalue weighted by Crippen LogP contribution is -2.38. The van der Waals surface area contributed by atoms with Gasteiger partial charge in [0.25, 0.3) is 0 Å². The van der Waals surface area contributed by atoms with Crippen molar-refractivity contribution in [2.24, 2.45) is 5.92 Å². The Labute approximate surface area is 82.8 Å². The van der Waals surface area contributed by atoms with Crippen molar-refractivity contribution in [1.29, 1.82) is 0 Å². The maximum Gasteiger partial charge on any atom is 0.400 e. The van der Waals surface area contributed by atoms with Crippen LogP contribution in [0.2, 0.25) is 0 Å². The van der Waals surface area contributed by atoms with Crippen molar-refractivity contribution in [2.45, 2.75) is 37.7 Å². The highest BCUT2D eigenvalue weighted by atomic mass is 19.4. The van der Waals surface area contributed by atoms with E-state index in [4.69, 9.17) is 0 Å². The smallest absolute Gasteiger partial charge is 0.314 e. The van der Waals surface area contributed by atoms with Crippen LogP contribution < -0.4 is 5.32 Å². The van der Waals surface area contributed by atoms with Crippen molar-refractivity contribution in [3.63, 3.8) is 0 Å². The van der Waals surface area contributed by atoms with Gasteiger partial charge >= 0.3 is 12.4 Å². The first kappa shape index (κ1) is 12.6. The Morgan fingerprint density at radius 2 is 1.47 bits per heavy atom. The summed E-state index contributed by atoms with van der Waals surface area (Å²) in [5.74, 6) is -3.21. The molecule has 1 N–H and O–H groups in total. The Balaban J connectivity index is 2.41. The zero-order valence-electron chi connectivity index (χ0n) is 7.75. The average molecular weight is 235 g/mol. The standard InChI is InChI=1S/C8H11F6N/c9-7(10,11)6(8(12,13)14)3-4-15-5-1-2-5/h5-6,15H,1-4H2. The molecule has 1 nitrogen and oxygen atoms in total. The van der Waals surface area contributed by atoms with E-state index in [0.29, 0.717) is 0 Å². The fraction of sp³-hybridized carbons (Fsp3) is 1.00. The van der Waals surface area contributed by atoms with Gasteiger partial charge in [0.1, 0.15) is 0 Å². The van der Waals surface area contributed by atoms with Gasteiger partial charge in [0.15, 0.2) is 5.92 Å². The van der Waals surface area contributed by atoms with Gasteiger partial charge < -0.3 is 5.32 Å². The largest absolute Gasteiger partial charge is 0.400 e. The van der Waals surface area contributed by atoms with Crippen LogP contribution in [0.5, 0.6) is 0 Å². The fourth-order valence-electron chi connectivity index (χ4n) is 1.23. The third-order valence-corrected chi connectivity index (χ3v) is 2.23. The highest BCUT2D eigenvalue weighted by Gasteiger charge is 2.55. The van der Waals surface area contributed by atoms with Gasteiger partial charge in [-0.05, 0) is 25.8 Å². The molecule has 1 rings (SSSR count). The van der Waals surface area contributed by atoms with E-state index in [-0.39, 0.29) is 12.6 Å². The van der Waals surface area contributed by atoms with Crippen LogP contribution in [0.3, 0.4) is 0 Å². The Morgan fingerprint density at radius 3 is 1.80 bits per heavy atom. The van der Waals surface area contributed by atoms with Crippen LogP contribution in [0.4, 0.5) is 26.3 Å². The van der Waals surface area contributed by atoms with Crippen LogP contribution >= 0.6 is 0 Å². The topological polar surface area (TPSA) is 12.0 Å². The number of hydrogen-bond acceptors (Lipinski definition) is 1. The van der Waals surface area contributed by atoms with Crippen LogP contribution in [-0.2, 0) is 0 Å². The first-order chi connectivity index (χ1) is 6.71. The number of halogens is 6. The highest BCUT2D eigenvalue weighted by molar-refractivity contribution is 4.82. The summed E-state index contributed by atoms with van der Waals surface area (Å²) in [6.45, 7) is -0.242. The second-order valence-corrected chi connectivity index (χ2v) is 3.65. The molecule has 0 aromatic rings. The summed E-state index contributed by atoms with van der Waals surface area (Å²) >= 11 is 0. The van der Waals surface area contributed by atoms with Crippen molar-refractivity contribution >= 4 is 0 Å². The molecule has 7 heteroatoms. The molecular formula is C8H11F6N. The zero-order valence-corrected chi connectivity index (χ0v) is 7.75. The maximum absolute atomic E-state index is 12.0. The minimum atomic E-state index is -5.20. The predicted octanol–water partition coefficient (Wildman–Crippen LogP) is 2.87. The van der Waals surface area contributed by atoms with Crippen molar-refractivity contribution in [1.82, 2.24) is 5.32 Å². The molecule has 1 aliphatic carbocycles. The quantitative estimate of drug-likeness (QED) is 0.739. The molecule has 90 valence electrons. The third kappa shape index (κ3) is 4.27. The number of hydrogen-bond donors (Lipinski definition) is 1. The van der Waals surface area contributed by atoms with E-state index < -0.39 is 24.7 Å². The minimum absolute atomic E-state index is 0.118. The molecule has 0 radical (unpaired) electrons. The summed E-state index contributed by atoms with van der Waals surface area (Å²) in [6, 6.07) is 0.118. The van der Waals surface area contributed by atoms with Crippen molar-refractivity contribution < 1.29 is 26.3 Å². The van der Waals surface area contributed by atoms with Gasteiger partial charge in [-0.2, -0.15) is 26.3 Å². The molecule has 0 heterocycles. The first-order valence-corrected chi connectivity index (χ1v) is 4.58. The molecule has 0 aliphatic heterocycles. The van der Waals surface area contributed by atoms with E-state index >= 15 is 0 Å². The molecule has 1 aliphatic rings. The molecule has 0 unspecified atom stereocenters. The monoisotopic (exact) mass is 235 g/mol. The molecular weight excluding hydrogens is 224 g/mol. The molecule has 0 atom stereocenters. The van der Waals surface area contributed by atoms with Gasteiger partial charge in [0.2, 0.25) is 0 Å². The lowest BCUT2D eigenvalue weighted by molar-refractivity contribution is -0.285. The summed E-state index contributed by atoms with van der Waals surface area (Å²) in [5.41, 5.74) is 0. The molecule has 1 fully saturated rings. The predicted molar refractivity (Wildman–Crippen MR) is 41.2 cm³/mol. The lowest BCUT2D eigenvalue weighted by atomic mass is 10.0. The van der Waals surface area contributed by atoms with E-state index in [9.17, 15) is 26.3 Å². The van der Waals surface area contributed by atoms with Gasteiger partial charge in [-0.1, -0.05) is 0 Å². The van der Waals surface area contributed by atoms with Gasteiger partial charge in [0.05, 0.1) is 0 Å². The van der Waals surface area contributed by atoms with Crippen molar-refractivity contribution in [3.8, 4) is 0 Å². The first-order valence-electron chi connectivity index (χ1n) is 4.58. The Hall–Kier alpha value is -0.460. The molecule has 15 heavy (non-hydrogen) atoms. The number of rotatable bonds is 4. The normalized spacial score (nSPS) is 18.6. The second-order valence-electron chi connectivity index (χ2n) is 3.65. The van der Waals surface area contributed by atoms with Crippen LogP contribution in [0.25, 0.3) is 0 Å². The average Bonchev–Trinajstić information content (AvgIpc) is 2.75. The Bertz CT molecular complexity index is 190. The summed E-state index contributed by atoms with van der Waals surface area (Å²) in [4.78, 5) is 0. The number of alkyl halides is 6. The van der Waals surface area contributed by atoms with Crippen LogP contribution in [0, 0.1) is 5.92 Å². The third-order valence-electron chi connectivity index (χ3n) is 2.23. The van der Waals surface area contributed by atoms with Gasteiger partial charge in [-0.25, -0.2) is 0 Å². The fourth-order valence-corrected chi connectivity index (χ4v) is 1.23. The highest BCUT2D eigenvalue weighted by Crippen LogP contribution is 2.41. The molecule has 0 bridgehead atoms. The van der Waals surface area contributed by atoms with Crippen molar-refractivity contribution in [2.75, 3.05) is 6.54 Å². The van der Waals surface area contributed by atoms with E-state index in [1.807, 2.05) is 0 Å². The van der Waals surface area contributed by atoms with Crippen LogP contribution in [0.1, 0.15) is 19.3 Å². The summed E-state index contributed by atoms with van der Waals surface area (Å²) < 4.78 is 72.0. The summed E-state index contributed by atoms with van der Waals surface area (Å²) in [6.07, 6.45) is -9.68. The zero-order chi connectivity index (χ0) is 11.7. The molecule has 0 saturated heterocycles. The SMILES string of the molecule is FC(F)(F)C(CCNC1CC1)C(F)(F)F. The Kier molecular flexibility index (Phi) is 3.52. The minimum Gasteiger partial charge on any atom is -0.314 e. The maximum atomic E-state index is 12.0. The summed E-state index contributed by atoms with van der Waals surface area (Å²) in [7, 11) is 0. The van der Waals surface area contributed by atoms with E-state index in [1.54, 1.807) is 0 Å². The van der Waals surface area contributed by atoms with Crippen LogP contribution in [0.15, 0.2) is 0 Å². The van der Waals surface area contributed by atoms with Crippen LogP contribution in [-0.4, -0.2) is 24.9 Å². The molecule has 1 saturated carbocycles. The van der Waals surface area contributed by atoms with Gasteiger partial charge in [-0.15, -0.1) is 0 Å². The molecule has 0 amide bonds. The molecule has 0 aromatic carbocycles. The van der Waals surface area contributed by atoms with Crippen molar-refractivity contribution in [3.05, 3.63) is 0 Å². The second kappa shape index (κ2) is 4.19. The van der Waals surface area contributed by atoms with E-state index in [2.05, 4.69) is 5.32 Å². The Morgan fingerprint density at radius 1 is 1.00 bits per heavy atom. The lowest BCUT2D eigenvalue weighted by Gasteiger charge is -2.22. The van der Waals surface area contributed by atoms with Gasteiger partial charge in [-0.3, -0.25) is 0 Å². The van der Waals surface area contributed by atoms with E-state index in [1.165, 1.54) is 0 Å².